The molecule has 2 atom stereocenters. The maximum atomic E-state index is 13.5. The number of fused-ring (bicyclic) bond motifs is 4. The molecule has 0 radical (unpaired) electrons. The van der Waals surface area contributed by atoms with Crippen LogP contribution in [0.3, 0.4) is 0 Å². The number of aromatic amines is 1. The largest absolute Gasteiger partial charge is 0.506 e. The van der Waals surface area contributed by atoms with Crippen LogP contribution in [-0.4, -0.2) is 78.4 Å². The van der Waals surface area contributed by atoms with Crippen LogP contribution in [0.1, 0.15) is 75.1 Å². The highest BCUT2D eigenvalue weighted by atomic mass is 32.1. The standard InChI is InChI=1S/C41H46N6O7S2/c1-24-6-14-36(56-24)41(52,35-5-3-18-55-35)40(51)54-27-9-7-26(8-10-27)46(2)16-4-17-47-39-31-23-53-22-30(31)25(19-32(39)44-45-47)20-42-21-34(49)28-11-13-33(48)38-29(28)12-15-37(50)43-38/h3,5-6,11-15,18-19,26-27,34,42,48-49,52H,4,7-10,16-17,20-23H2,1-2H3,(H,43,50)/t26?,27?,34-,41-/m0/s1. The highest BCUT2D eigenvalue weighted by Gasteiger charge is 2.45. The molecule has 56 heavy (non-hydrogen) atoms. The number of phenols is 1. The number of aliphatic hydroxyl groups excluding tert-OH is 1. The number of carbonyl (C=O) groups excluding carboxylic acids is 1. The van der Waals surface area contributed by atoms with Gasteiger partial charge >= 0.3 is 5.97 Å². The lowest BCUT2D eigenvalue weighted by Crippen LogP contribution is -2.42. The van der Waals surface area contributed by atoms with Crippen molar-refractivity contribution >= 4 is 50.6 Å². The van der Waals surface area contributed by atoms with Crippen molar-refractivity contribution in [2.75, 3.05) is 20.1 Å². The van der Waals surface area contributed by atoms with Crippen LogP contribution < -0.4 is 10.9 Å². The Morgan fingerprint density at radius 2 is 1.95 bits per heavy atom. The van der Waals surface area contributed by atoms with Gasteiger partial charge in [0.2, 0.25) is 11.2 Å². The first kappa shape index (κ1) is 38.4. The smallest absolute Gasteiger partial charge is 0.349 e. The van der Waals surface area contributed by atoms with Gasteiger partial charge in [0.25, 0.3) is 0 Å². The molecule has 1 saturated carbocycles. The Labute approximate surface area is 331 Å². The van der Waals surface area contributed by atoms with Gasteiger partial charge in [-0.2, -0.15) is 0 Å². The number of nitrogens with one attached hydrogen (secondary N) is 2. The summed E-state index contributed by atoms with van der Waals surface area (Å²) in [6.45, 7) is 5.28. The number of rotatable bonds is 14. The Kier molecular flexibility index (Phi) is 11.1. The van der Waals surface area contributed by atoms with Gasteiger partial charge in [-0.1, -0.05) is 17.3 Å². The van der Waals surface area contributed by atoms with E-state index in [4.69, 9.17) is 9.47 Å². The van der Waals surface area contributed by atoms with Gasteiger partial charge in [-0.25, -0.2) is 9.48 Å². The van der Waals surface area contributed by atoms with E-state index in [0.717, 1.165) is 71.2 Å². The fourth-order valence-electron chi connectivity index (χ4n) is 8.16. The van der Waals surface area contributed by atoms with Crippen LogP contribution in [-0.2, 0) is 46.2 Å². The summed E-state index contributed by atoms with van der Waals surface area (Å²) >= 11 is 2.77. The Bertz CT molecular complexity index is 2400. The number of hydrogen-bond acceptors (Lipinski definition) is 13. The van der Waals surface area contributed by atoms with E-state index >= 15 is 0 Å². The minimum absolute atomic E-state index is 0.0455. The molecule has 0 bridgehead atoms. The summed E-state index contributed by atoms with van der Waals surface area (Å²) in [5.74, 6) is -0.645. The Morgan fingerprint density at radius 1 is 1.12 bits per heavy atom. The van der Waals surface area contributed by atoms with E-state index in [1.807, 2.05) is 41.3 Å². The lowest BCUT2D eigenvalue weighted by Gasteiger charge is -2.35. The van der Waals surface area contributed by atoms with Crippen molar-refractivity contribution in [3.63, 3.8) is 0 Å². The molecule has 15 heteroatoms. The first-order chi connectivity index (χ1) is 27.1. The summed E-state index contributed by atoms with van der Waals surface area (Å²) in [5, 5.41) is 47.9. The van der Waals surface area contributed by atoms with Crippen molar-refractivity contribution in [2.45, 2.75) is 89.2 Å². The maximum Gasteiger partial charge on any atom is 0.349 e. The normalized spacial score (nSPS) is 18.7. The fourth-order valence-corrected chi connectivity index (χ4v) is 10.0. The number of ether oxygens (including phenoxy) is 2. The number of aromatic hydroxyl groups is 1. The summed E-state index contributed by atoms with van der Waals surface area (Å²) < 4.78 is 13.9. The van der Waals surface area contributed by atoms with E-state index < -0.39 is 17.7 Å². The van der Waals surface area contributed by atoms with Crippen LogP contribution in [0.2, 0.25) is 0 Å². The summed E-state index contributed by atoms with van der Waals surface area (Å²) in [5.41, 5.74) is 3.85. The van der Waals surface area contributed by atoms with Gasteiger partial charge in [-0.3, -0.25) is 4.79 Å². The van der Waals surface area contributed by atoms with Crippen molar-refractivity contribution in [2.24, 2.45) is 0 Å². The summed E-state index contributed by atoms with van der Waals surface area (Å²) in [6.07, 6.45) is 3.08. The Hall–Kier alpha value is -4.48. The number of nitrogens with zero attached hydrogens (tertiary/aromatic N) is 4. The predicted molar refractivity (Wildman–Crippen MR) is 215 cm³/mol. The average Bonchev–Trinajstić information content (AvgIpc) is 4.03. The third-order valence-corrected chi connectivity index (χ3v) is 13.3. The Balaban J connectivity index is 0.843. The molecule has 13 nitrogen and oxygen atoms in total. The molecule has 1 fully saturated rings. The number of aromatic nitrogens is 4. The van der Waals surface area contributed by atoms with E-state index in [9.17, 15) is 24.9 Å². The molecule has 2 aliphatic rings. The van der Waals surface area contributed by atoms with Crippen molar-refractivity contribution in [3.05, 3.63) is 107 Å². The molecule has 4 aromatic heterocycles. The molecule has 6 aromatic rings. The number of aryl methyl sites for hydroxylation is 2. The lowest BCUT2D eigenvalue weighted by atomic mass is 9.91. The van der Waals surface area contributed by atoms with Crippen LogP contribution in [0, 0.1) is 6.92 Å². The van der Waals surface area contributed by atoms with Crippen LogP contribution >= 0.6 is 22.7 Å². The van der Waals surface area contributed by atoms with Crippen LogP contribution in [0.15, 0.2) is 64.8 Å². The van der Waals surface area contributed by atoms with E-state index in [0.29, 0.717) is 58.6 Å². The van der Waals surface area contributed by atoms with E-state index in [1.165, 1.54) is 34.8 Å². The summed E-state index contributed by atoms with van der Waals surface area (Å²) in [7, 11) is 2.15. The second-order valence-electron chi connectivity index (χ2n) is 14.9. The molecule has 1 aliphatic carbocycles. The molecular weight excluding hydrogens is 753 g/mol. The van der Waals surface area contributed by atoms with E-state index in [2.05, 4.69) is 32.6 Å². The van der Waals surface area contributed by atoms with Gasteiger partial charge in [0, 0.05) is 47.6 Å². The van der Waals surface area contributed by atoms with Gasteiger partial charge in [0.15, 0.2) is 0 Å². The highest BCUT2D eigenvalue weighted by Crippen LogP contribution is 2.39. The van der Waals surface area contributed by atoms with Crippen molar-refractivity contribution in [1.29, 1.82) is 0 Å². The first-order valence-corrected chi connectivity index (χ1v) is 20.7. The topological polar surface area (TPSA) is 175 Å². The number of hydrogen-bond donors (Lipinski definition) is 5. The van der Waals surface area contributed by atoms with Crippen LogP contribution in [0.5, 0.6) is 5.75 Å². The zero-order chi connectivity index (χ0) is 39.0. The van der Waals surface area contributed by atoms with E-state index in [-0.39, 0.29) is 24.0 Å². The summed E-state index contributed by atoms with van der Waals surface area (Å²) in [4.78, 5) is 32.6. The van der Waals surface area contributed by atoms with E-state index in [1.54, 1.807) is 18.2 Å². The first-order valence-electron chi connectivity index (χ1n) is 19.0. The molecule has 0 amide bonds. The van der Waals surface area contributed by atoms with Gasteiger partial charge in [0.1, 0.15) is 17.4 Å². The number of pyridine rings is 1. The third-order valence-electron chi connectivity index (χ3n) is 11.2. The number of benzene rings is 2. The molecule has 0 spiro atoms. The number of phenolic OH excluding ortho intramolecular Hbond substituents is 1. The average molecular weight is 799 g/mol. The zero-order valence-corrected chi connectivity index (χ0v) is 33.0. The maximum absolute atomic E-state index is 13.5. The molecule has 294 valence electrons. The Morgan fingerprint density at radius 3 is 2.71 bits per heavy atom. The number of thiophene rings is 2. The molecule has 2 aromatic carbocycles. The van der Waals surface area contributed by atoms with Gasteiger partial charge in [-0.15, -0.1) is 27.8 Å². The second-order valence-corrected chi connectivity index (χ2v) is 17.1. The number of esters is 1. The molecule has 5 heterocycles. The minimum Gasteiger partial charge on any atom is -0.506 e. The molecule has 8 rings (SSSR count). The molecule has 5 N–H and O–H groups in total. The fraction of sp³-hybridized carbons (Fsp3) is 0.415. The van der Waals surface area contributed by atoms with Gasteiger partial charge < -0.3 is 40.0 Å². The van der Waals surface area contributed by atoms with Crippen molar-refractivity contribution < 1.29 is 29.6 Å². The minimum atomic E-state index is -1.79. The van der Waals surface area contributed by atoms with Crippen LogP contribution in [0.4, 0.5) is 0 Å². The van der Waals surface area contributed by atoms with Gasteiger partial charge in [0.05, 0.1) is 40.1 Å². The molecular formula is C41H46N6O7S2. The number of carbonyl (C=O) groups is 1. The van der Waals surface area contributed by atoms with Crippen molar-refractivity contribution in [1.82, 2.24) is 30.2 Å². The number of aliphatic hydroxyl groups is 2. The third kappa shape index (κ3) is 7.52. The van der Waals surface area contributed by atoms with Gasteiger partial charge in [-0.05, 0) is 111 Å². The SMILES string of the molecule is Cc1ccc([C@](O)(C(=O)OC2CCC(N(C)CCCn3nnc4cc(CNC[C@H](O)c5ccc(O)c6[nH]c(=O)ccc56)c5c(c43)COC5)CC2)c2cccs2)s1. The zero-order valence-electron chi connectivity index (χ0n) is 31.4. The molecule has 1 aliphatic heterocycles. The second kappa shape index (κ2) is 16.2. The highest BCUT2D eigenvalue weighted by molar-refractivity contribution is 7.13. The molecule has 0 unspecified atom stereocenters. The predicted octanol–water partition coefficient (Wildman–Crippen LogP) is 5.38. The monoisotopic (exact) mass is 798 g/mol. The lowest BCUT2D eigenvalue weighted by molar-refractivity contribution is -0.169. The quantitative estimate of drug-likeness (QED) is 0.0896. The summed E-state index contributed by atoms with van der Waals surface area (Å²) in [6, 6.07) is 15.9. The number of H-pyrrole nitrogens is 1. The molecule has 0 saturated heterocycles. The van der Waals surface area contributed by atoms with Crippen LogP contribution in [0.25, 0.3) is 21.9 Å². The van der Waals surface area contributed by atoms with Crippen molar-refractivity contribution in [3.8, 4) is 5.75 Å².